The van der Waals surface area contributed by atoms with Crippen LogP contribution in [0.5, 0.6) is 0 Å². The van der Waals surface area contributed by atoms with Crippen LogP contribution in [0.15, 0.2) is 93.4 Å². The van der Waals surface area contributed by atoms with E-state index in [1.807, 2.05) is 56.3 Å². The van der Waals surface area contributed by atoms with Crippen LogP contribution in [-0.2, 0) is 0 Å². The van der Waals surface area contributed by atoms with Gasteiger partial charge < -0.3 is 8.98 Å². The molecule has 2 aromatic carbocycles. The monoisotopic (exact) mass is 493 g/mol. The minimum atomic E-state index is -0.284. The molecular formula is C28H20ClN5O2. The molecule has 0 aliphatic rings. The summed E-state index contributed by atoms with van der Waals surface area (Å²) in [6, 6.07) is 20.3. The smallest absolute Gasteiger partial charge is 0.282 e. The second kappa shape index (κ2) is 8.62. The van der Waals surface area contributed by atoms with Gasteiger partial charge in [0.15, 0.2) is 5.76 Å². The van der Waals surface area contributed by atoms with Crippen molar-refractivity contribution in [3.8, 4) is 17.3 Å². The average Bonchev–Trinajstić information content (AvgIpc) is 3.43. The summed E-state index contributed by atoms with van der Waals surface area (Å²) >= 11 is 6.16. The number of hydrogen-bond donors (Lipinski definition) is 0. The molecule has 6 rings (SSSR count). The van der Waals surface area contributed by atoms with E-state index in [9.17, 15) is 4.79 Å². The van der Waals surface area contributed by atoms with Gasteiger partial charge in [0, 0.05) is 45.4 Å². The highest BCUT2D eigenvalue weighted by molar-refractivity contribution is 6.31. The van der Waals surface area contributed by atoms with Crippen molar-refractivity contribution in [2.24, 2.45) is 5.10 Å². The van der Waals surface area contributed by atoms with E-state index in [0.717, 1.165) is 28.0 Å². The van der Waals surface area contributed by atoms with Gasteiger partial charge in [0.25, 0.3) is 5.56 Å². The minimum Gasteiger partial charge on any atom is -0.453 e. The van der Waals surface area contributed by atoms with E-state index in [-0.39, 0.29) is 5.56 Å². The first-order valence-electron chi connectivity index (χ1n) is 11.3. The molecule has 0 bridgehead atoms. The van der Waals surface area contributed by atoms with Gasteiger partial charge >= 0.3 is 0 Å². The first-order valence-corrected chi connectivity index (χ1v) is 11.7. The van der Waals surface area contributed by atoms with Gasteiger partial charge in [0.2, 0.25) is 5.82 Å². The second-order valence-electron chi connectivity index (χ2n) is 8.47. The number of aryl methyl sites for hydroxylation is 1. The Kier molecular flexibility index (Phi) is 5.27. The lowest BCUT2D eigenvalue weighted by molar-refractivity contribution is 0.616. The van der Waals surface area contributed by atoms with E-state index in [4.69, 9.17) is 21.0 Å². The molecule has 0 fully saturated rings. The third-order valence-corrected chi connectivity index (χ3v) is 6.39. The fourth-order valence-electron chi connectivity index (χ4n) is 4.44. The molecular weight excluding hydrogens is 474 g/mol. The lowest BCUT2D eigenvalue weighted by atomic mass is 10.2. The number of fused-ring (bicyclic) bond motifs is 2. The van der Waals surface area contributed by atoms with Crippen LogP contribution in [0.2, 0.25) is 5.02 Å². The van der Waals surface area contributed by atoms with Crippen LogP contribution in [-0.4, -0.2) is 25.4 Å². The number of para-hydroxylation sites is 1. The summed E-state index contributed by atoms with van der Waals surface area (Å²) in [7, 11) is 0. The van der Waals surface area contributed by atoms with E-state index in [1.165, 1.54) is 4.68 Å². The quantitative estimate of drug-likeness (QED) is 0.276. The molecule has 8 heteroatoms. The average molecular weight is 494 g/mol. The molecule has 0 atom stereocenters. The fraction of sp³-hybridized carbons (Fsp3) is 0.0714. The molecule has 0 radical (unpaired) electrons. The van der Waals surface area contributed by atoms with E-state index < -0.39 is 0 Å². The lowest BCUT2D eigenvalue weighted by Crippen LogP contribution is -2.20. The fourth-order valence-corrected chi connectivity index (χ4v) is 4.62. The normalized spacial score (nSPS) is 11.8. The molecule has 0 saturated heterocycles. The van der Waals surface area contributed by atoms with E-state index in [1.54, 1.807) is 42.9 Å². The number of nitrogens with zero attached hydrogens (tertiary/aromatic N) is 5. The molecule has 4 heterocycles. The van der Waals surface area contributed by atoms with Gasteiger partial charge in [-0.25, -0.2) is 4.98 Å². The van der Waals surface area contributed by atoms with Crippen LogP contribution in [0.1, 0.15) is 17.0 Å². The predicted molar refractivity (Wildman–Crippen MR) is 142 cm³/mol. The van der Waals surface area contributed by atoms with Crippen molar-refractivity contribution in [3.05, 3.63) is 111 Å². The summed E-state index contributed by atoms with van der Waals surface area (Å²) in [5.74, 6) is 0.736. The standard InChI is InChI=1S/C28H20ClN5O2/c1-17-13-20(18(2)33(17)22-9-11-30-12-10-22)16-31-34-27(32-24-6-4-3-5-23(24)28(34)35)26-15-19-14-21(29)7-8-25(19)36-26/h3-16H,1-2H3. The Morgan fingerprint density at radius 2 is 1.81 bits per heavy atom. The van der Waals surface area contributed by atoms with Crippen molar-refractivity contribution in [2.45, 2.75) is 13.8 Å². The van der Waals surface area contributed by atoms with E-state index in [0.29, 0.717) is 33.1 Å². The molecule has 7 nitrogen and oxygen atoms in total. The van der Waals surface area contributed by atoms with Crippen LogP contribution < -0.4 is 5.56 Å². The maximum Gasteiger partial charge on any atom is 0.282 e. The first-order chi connectivity index (χ1) is 17.5. The number of furan rings is 1. The SMILES string of the molecule is Cc1cc(C=Nn2c(-c3cc4cc(Cl)ccc4o3)nc3ccccc3c2=O)c(C)n1-c1ccncc1. The Labute approximate surface area is 210 Å². The van der Waals surface area contributed by atoms with Gasteiger partial charge in [0.05, 0.1) is 17.1 Å². The van der Waals surface area contributed by atoms with Gasteiger partial charge in [-0.2, -0.15) is 9.78 Å². The second-order valence-corrected chi connectivity index (χ2v) is 8.91. The Morgan fingerprint density at radius 3 is 2.64 bits per heavy atom. The van der Waals surface area contributed by atoms with Crippen LogP contribution in [0.25, 0.3) is 39.1 Å². The van der Waals surface area contributed by atoms with Crippen LogP contribution in [0.4, 0.5) is 0 Å². The van der Waals surface area contributed by atoms with Crippen molar-refractivity contribution >= 4 is 39.7 Å². The summed E-state index contributed by atoms with van der Waals surface area (Å²) in [6.07, 6.45) is 5.20. The molecule has 0 spiro atoms. The molecule has 0 aliphatic heterocycles. The van der Waals surface area contributed by atoms with Gasteiger partial charge in [-0.15, -0.1) is 0 Å². The van der Waals surface area contributed by atoms with Gasteiger partial charge in [-0.05, 0) is 68.4 Å². The van der Waals surface area contributed by atoms with Crippen LogP contribution in [0.3, 0.4) is 0 Å². The van der Waals surface area contributed by atoms with Crippen LogP contribution in [0, 0.1) is 13.8 Å². The predicted octanol–water partition coefficient (Wildman–Crippen LogP) is 6.15. The van der Waals surface area contributed by atoms with Crippen molar-refractivity contribution < 1.29 is 4.42 Å². The first kappa shape index (κ1) is 22.0. The molecule has 176 valence electrons. The third kappa shape index (κ3) is 3.70. The molecule has 0 unspecified atom stereocenters. The summed E-state index contributed by atoms with van der Waals surface area (Å²) < 4.78 is 9.46. The number of benzene rings is 2. The zero-order valence-electron chi connectivity index (χ0n) is 19.5. The van der Waals surface area contributed by atoms with Gasteiger partial charge in [0.1, 0.15) is 5.58 Å². The highest BCUT2D eigenvalue weighted by Gasteiger charge is 2.17. The molecule has 36 heavy (non-hydrogen) atoms. The summed E-state index contributed by atoms with van der Waals surface area (Å²) in [5.41, 5.74) is 4.85. The number of hydrogen-bond acceptors (Lipinski definition) is 5. The van der Waals surface area contributed by atoms with Crippen molar-refractivity contribution in [1.29, 1.82) is 0 Å². The van der Waals surface area contributed by atoms with E-state index in [2.05, 4.69) is 14.7 Å². The largest absolute Gasteiger partial charge is 0.453 e. The molecule has 0 saturated carbocycles. The van der Waals surface area contributed by atoms with E-state index >= 15 is 0 Å². The molecule has 6 aromatic rings. The zero-order chi connectivity index (χ0) is 24.8. The molecule has 0 aliphatic carbocycles. The highest BCUT2D eigenvalue weighted by Crippen LogP contribution is 2.29. The molecule has 0 N–H and O–H groups in total. The highest BCUT2D eigenvalue weighted by atomic mass is 35.5. The lowest BCUT2D eigenvalue weighted by Gasteiger charge is -2.09. The molecule has 4 aromatic heterocycles. The maximum absolute atomic E-state index is 13.5. The maximum atomic E-state index is 13.5. The third-order valence-electron chi connectivity index (χ3n) is 6.16. The summed E-state index contributed by atoms with van der Waals surface area (Å²) in [6.45, 7) is 4.04. The van der Waals surface area contributed by atoms with Gasteiger partial charge in [-0.3, -0.25) is 9.78 Å². The Hall–Kier alpha value is -4.49. The number of halogens is 1. The Bertz CT molecular complexity index is 1850. The number of rotatable bonds is 4. The van der Waals surface area contributed by atoms with Crippen LogP contribution >= 0.6 is 11.6 Å². The minimum absolute atomic E-state index is 0.284. The van der Waals surface area contributed by atoms with Crippen molar-refractivity contribution in [3.63, 3.8) is 0 Å². The summed E-state index contributed by atoms with van der Waals surface area (Å²) in [5, 5.41) is 6.49. The number of aromatic nitrogens is 4. The van der Waals surface area contributed by atoms with Gasteiger partial charge in [-0.1, -0.05) is 23.7 Å². The summed E-state index contributed by atoms with van der Waals surface area (Å²) in [4.78, 5) is 22.4. The van der Waals surface area contributed by atoms with Crippen molar-refractivity contribution in [2.75, 3.05) is 0 Å². The zero-order valence-corrected chi connectivity index (χ0v) is 20.3. The Morgan fingerprint density at radius 1 is 1.00 bits per heavy atom. The molecule has 0 amide bonds. The number of pyridine rings is 1. The van der Waals surface area contributed by atoms with Crippen molar-refractivity contribution in [1.82, 2.24) is 19.2 Å². The Balaban J connectivity index is 1.53. The topological polar surface area (TPSA) is 78.2 Å².